The summed E-state index contributed by atoms with van der Waals surface area (Å²) in [5.74, 6) is -0.757. The van der Waals surface area contributed by atoms with Crippen molar-refractivity contribution >= 4 is 46.7 Å². The molecule has 13 heteroatoms. The molecule has 2 saturated heterocycles. The predicted molar refractivity (Wildman–Crippen MR) is 177 cm³/mol. The monoisotopic (exact) mass is 689 g/mol. The zero-order valence-electron chi connectivity index (χ0n) is 26.8. The van der Waals surface area contributed by atoms with Gasteiger partial charge in [0.25, 0.3) is 5.91 Å². The minimum Gasteiger partial charge on any atom is -0.340 e. The van der Waals surface area contributed by atoms with Crippen LogP contribution >= 0.6 is 18.9 Å². The summed E-state index contributed by atoms with van der Waals surface area (Å²) in [7, 11) is -5.76. The van der Waals surface area contributed by atoms with E-state index in [1.54, 1.807) is 4.90 Å². The van der Waals surface area contributed by atoms with Gasteiger partial charge in [0.1, 0.15) is 12.1 Å². The highest BCUT2D eigenvalue weighted by Crippen LogP contribution is 2.59. The molecule has 0 radical (unpaired) electrons. The lowest BCUT2D eigenvalue weighted by molar-refractivity contribution is -0.149. The van der Waals surface area contributed by atoms with Gasteiger partial charge in [-0.25, -0.2) is 0 Å². The van der Waals surface area contributed by atoms with Gasteiger partial charge in [0.2, 0.25) is 11.8 Å². The molecule has 1 unspecified atom stereocenters. The zero-order valence-corrected chi connectivity index (χ0v) is 28.5. The Labute approximate surface area is 277 Å². The summed E-state index contributed by atoms with van der Waals surface area (Å²) in [5.41, 5.74) is -4.77. The normalized spacial score (nSPS) is 20.5. The number of carbonyl (C=O) groups is 3. The van der Waals surface area contributed by atoms with E-state index < -0.39 is 42.2 Å². The Bertz CT molecular complexity index is 1670. The first-order chi connectivity index (χ1) is 22.1. The van der Waals surface area contributed by atoms with Gasteiger partial charge in [-0.2, -0.15) is 8.78 Å². The number of halogens is 2. The third-order valence-electron chi connectivity index (χ3n) is 9.17. The number of hydrogen-bond donors (Lipinski definition) is 3. The SMILES string of the molecule is CC(C)(C)C(NC(=O)c1cc2cc(C(F)(F)P(=O)(O)O)ccc2s1)C(=O)N1CCCCC[C@H]1C(=O)N1CCC[C@H](c2ccccc2)C1. The van der Waals surface area contributed by atoms with Gasteiger partial charge in [-0.15, -0.1) is 11.3 Å². The number of alkyl halides is 2. The van der Waals surface area contributed by atoms with E-state index in [0.717, 1.165) is 55.6 Å². The summed E-state index contributed by atoms with van der Waals surface area (Å²) < 4.78 is 40.6. The standard InChI is InChI=1S/C34H42F2N3O6PS/c1-33(2,3)29(37-30(40)28-20-24-19-25(15-16-27(24)47-28)34(35,36)46(43,44)45)32(42)39-18-9-5-8-14-26(39)31(41)38-17-10-13-23(21-38)22-11-6-4-7-12-22/h4,6-7,11-12,15-16,19-20,23,26,29H,5,8-10,13-14,17-18,21H2,1-3H3,(H,37,40)(H2,43,44,45)/t23-,26-,29?/m0/s1. The third kappa shape index (κ3) is 7.61. The number of amides is 3. The molecule has 3 atom stereocenters. The van der Waals surface area contributed by atoms with Crippen LogP contribution in [0.2, 0.25) is 0 Å². The lowest BCUT2D eigenvalue weighted by atomic mass is 9.85. The fourth-order valence-corrected chi connectivity index (χ4v) is 7.96. The number of benzene rings is 2. The van der Waals surface area contributed by atoms with Crippen molar-refractivity contribution in [2.75, 3.05) is 19.6 Å². The van der Waals surface area contributed by atoms with E-state index in [4.69, 9.17) is 9.79 Å². The van der Waals surface area contributed by atoms with Gasteiger partial charge in [-0.3, -0.25) is 18.9 Å². The molecular formula is C34H42F2N3O6PS. The van der Waals surface area contributed by atoms with Crippen LogP contribution in [0.25, 0.3) is 10.1 Å². The fourth-order valence-electron chi connectivity index (χ4n) is 6.54. The van der Waals surface area contributed by atoms with Gasteiger partial charge in [-0.1, -0.05) is 70.0 Å². The highest BCUT2D eigenvalue weighted by Gasteiger charge is 2.50. The number of hydrogen-bond acceptors (Lipinski definition) is 5. The smallest absolute Gasteiger partial charge is 0.340 e. The number of nitrogens with zero attached hydrogens (tertiary/aromatic N) is 2. The maximum Gasteiger partial charge on any atom is 0.399 e. The fraction of sp³-hybridized carbons (Fsp3) is 0.500. The van der Waals surface area contributed by atoms with Crippen LogP contribution in [0.1, 0.15) is 86.0 Å². The Hall–Kier alpha value is -3.18. The van der Waals surface area contributed by atoms with Crippen LogP contribution in [0.4, 0.5) is 8.78 Å². The molecule has 2 aliphatic heterocycles. The first-order valence-corrected chi connectivity index (χ1v) is 18.4. The van der Waals surface area contributed by atoms with Crippen LogP contribution in [-0.2, 0) is 19.8 Å². The lowest BCUT2D eigenvalue weighted by Gasteiger charge is -2.40. The summed E-state index contributed by atoms with van der Waals surface area (Å²) >= 11 is 1.02. The molecule has 1 aromatic heterocycles. The van der Waals surface area contributed by atoms with Gasteiger partial charge in [0, 0.05) is 35.8 Å². The Morgan fingerprint density at radius 3 is 2.36 bits per heavy atom. The van der Waals surface area contributed by atoms with Crippen molar-refractivity contribution < 1.29 is 37.5 Å². The molecule has 0 bridgehead atoms. The molecule has 0 spiro atoms. The molecule has 2 aliphatic rings. The number of carbonyl (C=O) groups excluding carboxylic acids is 3. The highest BCUT2D eigenvalue weighted by molar-refractivity contribution is 7.52. The van der Waals surface area contributed by atoms with E-state index in [1.807, 2.05) is 43.9 Å². The maximum absolute atomic E-state index is 14.4. The van der Waals surface area contributed by atoms with E-state index in [1.165, 1.54) is 17.7 Å². The molecule has 3 amide bonds. The summed E-state index contributed by atoms with van der Waals surface area (Å²) in [6.07, 6.45) is 4.85. The minimum atomic E-state index is -5.76. The molecule has 3 heterocycles. The second-order valence-corrected chi connectivity index (χ2v) is 16.4. The Morgan fingerprint density at radius 2 is 1.68 bits per heavy atom. The summed E-state index contributed by atoms with van der Waals surface area (Å²) in [5, 5.41) is 3.09. The largest absolute Gasteiger partial charge is 0.399 e. The second-order valence-electron chi connectivity index (χ2n) is 13.7. The Balaban J connectivity index is 1.36. The average Bonchev–Trinajstić information content (AvgIpc) is 3.31. The van der Waals surface area contributed by atoms with E-state index in [-0.39, 0.29) is 28.0 Å². The quantitative estimate of drug-likeness (QED) is 0.245. The topological polar surface area (TPSA) is 127 Å². The van der Waals surface area contributed by atoms with Crippen molar-refractivity contribution in [3.05, 3.63) is 70.6 Å². The number of rotatable bonds is 7. The van der Waals surface area contributed by atoms with Crippen molar-refractivity contribution in [3.8, 4) is 0 Å². The predicted octanol–water partition coefficient (Wildman–Crippen LogP) is 6.45. The summed E-state index contributed by atoms with van der Waals surface area (Å²) in [6.45, 7) is 7.12. The first kappa shape index (κ1) is 35.1. The molecule has 3 N–H and O–H groups in total. The number of likely N-dealkylation sites (tertiary alicyclic amines) is 2. The van der Waals surface area contributed by atoms with Crippen molar-refractivity contribution in [3.63, 3.8) is 0 Å². The van der Waals surface area contributed by atoms with Crippen LogP contribution in [0, 0.1) is 5.41 Å². The summed E-state index contributed by atoms with van der Waals surface area (Å²) in [4.78, 5) is 64.0. The second kappa shape index (κ2) is 13.7. The highest BCUT2D eigenvalue weighted by atomic mass is 32.1. The molecule has 9 nitrogen and oxygen atoms in total. The van der Waals surface area contributed by atoms with Crippen molar-refractivity contribution in [1.29, 1.82) is 0 Å². The molecule has 2 aromatic carbocycles. The van der Waals surface area contributed by atoms with Gasteiger partial charge in [0.05, 0.1) is 4.88 Å². The number of thiophene rings is 1. The lowest BCUT2D eigenvalue weighted by Crippen LogP contribution is -2.60. The van der Waals surface area contributed by atoms with E-state index in [9.17, 15) is 27.7 Å². The first-order valence-electron chi connectivity index (χ1n) is 16.0. The molecular weight excluding hydrogens is 647 g/mol. The van der Waals surface area contributed by atoms with Crippen molar-refractivity contribution in [2.24, 2.45) is 5.41 Å². The molecule has 3 aromatic rings. The molecule has 0 saturated carbocycles. The molecule has 0 aliphatic carbocycles. The van der Waals surface area contributed by atoms with Crippen LogP contribution < -0.4 is 5.32 Å². The Morgan fingerprint density at radius 1 is 0.957 bits per heavy atom. The molecule has 5 rings (SSSR count). The Kier molecular flexibility index (Phi) is 10.3. The average molecular weight is 690 g/mol. The van der Waals surface area contributed by atoms with Crippen molar-refractivity contribution in [1.82, 2.24) is 15.1 Å². The number of piperidine rings is 1. The van der Waals surface area contributed by atoms with Gasteiger partial charge in [-0.05, 0) is 60.2 Å². The van der Waals surface area contributed by atoms with Crippen LogP contribution in [0.5, 0.6) is 0 Å². The van der Waals surface area contributed by atoms with Gasteiger partial charge >= 0.3 is 13.3 Å². The molecule has 254 valence electrons. The number of fused-ring (bicyclic) bond motifs is 1. The number of nitrogens with one attached hydrogen (secondary N) is 1. The van der Waals surface area contributed by atoms with E-state index in [0.29, 0.717) is 30.8 Å². The van der Waals surface area contributed by atoms with Crippen LogP contribution in [0.15, 0.2) is 54.6 Å². The minimum absolute atomic E-state index is 0.0627. The van der Waals surface area contributed by atoms with Crippen LogP contribution in [-0.4, -0.2) is 69.0 Å². The van der Waals surface area contributed by atoms with Gasteiger partial charge < -0.3 is 24.9 Å². The van der Waals surface area contributed by atoms with E-state index >= 15 is 0 Å². The molecule has 2 fully saturated rings. The zero-order chi connectivity index (χ0) is 34.1. The van der Waals surface area contributed by atoms with E-state index in [2.05, 4.69) is 17.4 Å². The molecule has 47 heavy (non-hydrogen) atoms. The summed E-state index contributed by atoms with van der Waals surface area (Å²) in [6, 6.07) is 13.1. The van der Waals surface area contributed by atoms with Gasteiger partial charge in [0.15, 0.2) is 0 Å². The maximum atomic E-state index is 14.4. The third-order valence-corrected chi connectivity index (χ3v) is 11.3. The van der Waals surface area contributed by atoms with Crippen molar-refractivity contribution in [2.45, 2.75) is 83.0 Å². The van der Waals surface area contributed by atoms with Crippen LogP contribution in [0.3, 0.4) is 0 Å².